The average molecular weight is 351 g/mol. The summed E-state index contributed by atoms with van der Waals surface area (Å²) in [6, 6.07) is 5.88. The lowest BCUT2D eigenvalue weighted by Crippen LogP contribution is -2.37. The predicted molar refractivity (Wildman–Crippen MR) is 97.8 cm³/mol. The summed E-state index contributed by atoms with van der Waals surface area (Å²) in [6.45, 7) is 4.25. The van der Waals surface area contributed by atoms with Crippen molar-refractivity contribution in [3.8, 4) is 11.4 Å². The summed E-state index contributed by atoms with van der Waals surface area (Å²) < 4.78 is 1.75. The van der Waals surface area contributed by atoms with E-state index in [9.17, 15) is 4.79 Å². The number of aromatic nitrogens is 5. The molecule has 0 aliphatic carbocycles. The van der Waals surface area contributed by atoms with E-state index in [1.54, 1.807) is 23.3 Å². The molecule has 3 aromatic rings. The van der Waals surface area contributed by atoms with E-state index in [2.05, 4.69) is 30.3 Å². The van der Waals surface area contributed by atoms with Gasteiger partial charge in [-0.1, -0.05) is 0 Å². The number of amides is 1. The SMILES string of the molecule is CCn1cc(C(=O)NC2CCN(c3nccc(-c4ccc[nH]4)n3)C2)cn1. The van der Waals surface area contributed by atoms with Crippen LogP contribution in [0.25, 0.3) is 11.4 Å². The maximum Gasteiger partial charge on any atom is 0.254 e. The molecule has 0 bridgehead atoms. The lowest BCUT2D eigenvalue weighted by molar-refractivity contribution is 0.0940. The van der Waals surface area contributed by atoms with Gasteiger partial charge in [-0.15, -0.1) is 0 Å². The maximum absolute atomic E-state index is 12.4. The van der Waals surface area contributed by atoms with Gasteiger partial charge in [-0.25, -0.2) is 9.97 Å². The molecule has 1 atom stereocenters. The molecule has 1 aliphatic rings. The first-order chi connectivity index (χ1) is 12.7. The van der Waals surface area contributed by atoms with Gasteiger partial charge in [0.25, 0.3) is 5.91 Å². The highest BCUT2D eigenvalue weighted by molar-refractivity contribution is 5.93. The number of H-pyrrole nitrogens is 1. The Hall–Kier alpha value is -3.16. The van der Waals surface area contributed by atoms with Crippen LogP contribution in [0.5, 0.6) is 0 Å². The van der Waals surface area contributed by atoms with Crippen molar-refractivity contribution in [2.45, 2.75) is 25.9 Å². The molecule has 134 valence electrons. The van der Waals surface area contributed by atoms with Crippen molar-refractivity contribution < 1.29 is 4.79 Å². The monoisotopic (exact) mass is 351 g/mol. The first kappa shape index (κ1) is 16.3. The van der Waals surface area contributed by atoms with Gasteiger partial charge >= 0.3 is 0 Å². The molecule has 2 N–H and O–H groups in total. The third-order valence-electron chi connectivity index (χ3n) is 4.54. The number of nitrogens with one attached hydrogen (secondary N) is 2. The Kier molecular flexibility index (Phi) is 4.39. The fraction of sp³-hybridized carbons (Fsp3) is 0.333. The quantitative estimate of drug-likeness (QED) is 0.730. The van der Waals surface area contributed by atoms with E-state index in [1.165, 1.54) is 0 Å². The van der Waals surface area contributed by atoms with Gasteiger partial charge in [-0.3, -0.25) is 9.48 Å². The van der Waals surface area contributed by atoms with Crippen LogP contribution in [0.3, 0.4) is 0 Å². The van der Waals surface area contributed by atoms with E-state index in [4.69, 9.17) is 0 Å². The van der Waals surface area contributed by atoms with Crippen LogP contribution >= 0.6 is 0 Å². The van der Waals surface area contributed by atoms with Gasteiger partial charge in [-0.2, -0.15) is 5.10 Å². The number of aryl methyl sites for hydroxylation is 1. The molecule has 1 unspecified atom stereocenters. The van der Waals surface area contributed by atoms with E-state index in [-0.39, 0.29) is 11.9 Å². The largest absolute Gasteiger partial charge is 0.360 e. The molecular weight excluding hydrogens is 330 g/mol. The molecule has 8 heteroatoms. The van der Waals surface area contributed by atoms with Crippen LogP contribution in [-0.4, -0.2) is 49.8 Å². The highest BCUT2D eigenvalue weighted by Gasteiger charge is 2.26. The third-order valence-corrected chi connectivity index (χ3v) is 4.54. The fourth-order valence-corrected chi connectivity index (χ4v) is 3.12. The zero-order chi connectivity index (χ0) is 17.9. The molecule has 4 heterocycles. The summed E-state index contributed by atoms with van der Waals surface area (Å²) in [4.78, 5) is 26.7. The smallest absolute Gasteiger partial charge is 0.254 e. The van der Waals surface area contributed by atoms with Crippen LogP contribution < -0.4 is 10.2 Å². The molecule has 0 saturated carbocycles. The van der Waals surface area contributed by atoms with Crippen LogP contribution in [0.2, 0.25) is 0 Å². The second-order valence-electron chi connectivity index (χ2n) is 6.32. The van der Waals surface area contributed by atoms with E-state index < -0.39 is 0 Å². The molecule has 1 saturated heterocycles. The van der Waals surface area contributed by atoms with Gasteiger partial charge in [-0.05, 0) is 31.5 Å². The zero-order valence-electron chi connectivity index (χ0n) is 14.6. The van der Waals surface area contributed by atoms with Crippen LogP contribution in [0.1, 0.15) is 23.7 Å². The van der Waals surface area contributed by atoms with Crippen molar-refractivity contribution in [3.63, 3.8) is 0 Å². The van der Waals surface area contributed by atoms with Gasteiger partial charge in [0.05, 0.1) is 23.1 Å². The van der Waals surface area contributed by atoms with Crippen LogP contribution in [0.15, 0.2) is 43.0 Å². The zero-order valence-corrected chi connectivity index (χ0v) is 14.6. The van der Waals surface area contributed by atoms with Gasteiger partial charge in [0, 0.05) is 44.3 Å². The maximum atomic E-state index is 12.4. The lowest BCUT2D eigenvalue weighted by atomic mass is 10.2. The summed E-state index contributed by atoms with van der Waals surface area (Å²) in [5, 5.41) is 7.23. The normalized spacial score (nSPS) is 16.8. The Balaban J connectivity index is 1.41. The Morgan fingerprint density at radius 3 is 3.12 bits per heavy atom. The Morgan fingerprint density at radius 2 is 2.35 bits per heavy atom. The topological polar surface area (TPSA) is 91.7 Å². The number of hydrogen-bond acceptors (Lipinski definition) is 5. The number of rotatable bonds is 5. The Morgan fingerprint density at radius 1 is 1.42 bits per heavy atom. The molecule has 1 amide bonds. The van der Waals surface area contributed by atoms with Crippen molar-refractivity contribution >= 4 is 11.9 Å². The molecule has 0 spiro atoms. The molecule has 4 rings (SSSR count). The van der Waals surface area contributed by atoms with Crippen molar-refractivity contribution in [1.82, 2.24) is 30.0 Å². The Labute approximate surface area is 151 Å². The molecule has 8 nitrogen and oxygen atoms in total. The highest BCUT2D eigenvalue weighted by Crippen LogP contribution is 2.20. The highest BCUT2D eigenvalue weighted by atomic mass is 16.1. The van der Waals surface area contributed by atoms with Crippen molar-refractivity contribution in [2.75, 3.05) is 18.0 Å². The first-order valence-electron chi connectivity index (χ1n) is 8.78. The van der Waals surface area contributed by atoms with E-state index in [0.29, 0.717) is 18.1 Å². The van der Waals surface area contributed by atoms with E-state index in [0.717, 1.165) is 30.9 Å². The lowest BCUT2D eigenvalue weighted by Gasteiger charge is -2.17. The minimum absolute atomic E-state index is 0.0743. The summed E-state index contributed by atoms with van der Waals surface area (Å²) in [5.74, 6) is 0.602. The first-order valence-corrected chi connectivity index (χ1v) is 8.78. The number of carbonyl (C=O) groups is 1. The molecule has 0 aromatic carbocycles. The van der Waals surface area contributed by atoms with Gasteiger partial charge in [0.2, 0.25) is 5.95 Å². The number of carbonyl (C=O) groups excluding carboxylic acids is 1. The van der Waals surface area contributed by atoms with Gasteiger partial charge in [0.15, 0.2) is 0 Å². The van der Waals surface area contributed by atoms with Crippen LogP contribution in [-0.2, 0) is 6.54 Å². The minimum atomic E-state index is -0.0856. The number of anilines is 1. The van der Waals surface area contributed by atoms with Crippen LogP contribution in [0.4, 0.5) is 5.95 Å². The van der Waals surface area contributed by atoms with Gasteiger partial charge in [0.1, 0.15) is 0 Å². The fourth-order valence-electron chi connectivity index (χ4n) is 3.12. The van der Waals surface area contributed by atoms with E-state index >= 15 is 0 Å². The molecule has 3 aromatic heterocycles. The summed E-state index contributed by atoms with van der Waals surface area (Å²) in [7, 11) is 0. The van der Waals surface area contributed by atoms with E-state index in [1.807, 2.05) is 31.3 Å². The average Bonchev–Trinajstić information content (AvgIpc) is 3.42. The van der Waals surface area contributed by atoms with Crippen molar-refractivity contribution in [1.29, 1.82) is 0 Å². The third kappa shape index (κ3) is 3.30. The second kappa shape index (κ2) is 6.99. The minimum Gasteiger partial charge on any atom is -0.360 e. The summed E-state index contributed by atoms with van der Waals surface area (Å²) in [6.07, 6.45) is 7.88. The number of aromatic amines is 1. The van der Waals surface area contributed by atoms with Crippen molar-refractivity contribution in [3.05, 3.63) is 48.5 Å². The predicted octanol–water partition coefficient (Wildman–Crippen LogP) is 1.70. The molecule has 1 aliphatic heterocycles. The Bertz CT molecular complexity index is 887. The van der Waals surface area contributed by atoms with Crippen LogP contribution in [0, 0.1) is 0 Å². The molecule has 0 radical (unpaired) electrons. The standard InChI is InChI=1S/C18H21N7O/c1-2-25-11-13(10-21-25)17(26)22-14-6-9-24(12-14)18-20-8-5-16(23-18)15-4-3-7-19-15/h3-5,7-8,10-11,14,19H,2,6,9,12H2,1H3,(H,22,26). The summed E-state index contributed by atoms with van der Waals surface area (Å²) in [5.41, 5.74) is 2.42. The molecule has 26 heavy (non-hydrogen) atoms. The van der Waals surface area contributed by atoms with Crippen molar-refractivity contribution in [2.24, 2.45) is 0 Å². The second-order valence-corrected chi connectivity index (χ2v) is 6.32. The summed E-state index contributed by atoms with van der Waals surface area (Å²) >= 11 is 0. The number of hydrogen-bond donors (Lipinski definition) is 2. The van der Waals surface area contributed by atoms with Gasteiger partial charge < -0.3 is 15.2 Å². The molecule has 1 fully saturated rings. The molecular formula is C18H21N7O. The number of nitrogens with zero attached hydrogens (tertiary/aromatic N) is 5.